The van der Waals surface area contributed by atoms with Gasteiger partial charge < -0.3 is 14.2 Å². The summed E-state index contributed by atoms with van der Waals surface area (Å²) in [6.07, 6.45) is -3.86. The van der Waals surface area contributed by atoms with Crippen LogP contribution in [0.5, 0.6) is 11.6 Å². The molecule has 0 aromatic carbocycles. The lowest BCUT2D eigenvalue weighted by Gasteiger charge is -2.15. The number of hydrogen-bond acceptors (Lipinski definition) is 5. The van der Waals surface area contributed by atoms with Crippen LogP contribution in [0.4, 0.5) is 13.2 Å². The van der Waals surface area contributed by atoms with Gasteiger partial charge in [-0.15, -0.1) is 13.2 Å². The van der Waals surface area contributed by atoms with Gasteiger partial charge >= 0.3 is 12.3 Å². The van der Waals surface area contributed by atoms with E-state index in [1.165, 1.54) is 21.1 Å². The summed E-state index contributed by atoms with van der Waals surface area (Å²) in [6, 6.07) is 0. The predicted octanol–water partition coefficient (Wildman–Crippen LogP) is 2.01. The van der Waals surface area contributed by atoms with Crippen LogP contribution in [-0.4, -0.2) is 31.5 Å². The monoisotopic (exact) mass is 279 g/mol. The van der Waals surface area contributed by atoms with Crippen molar-refractivity contribution in [3.63, 3.8) is 0 Å². The molecule has 0 aliphatic heterocycles. The van der Waals surface area contributed by atoms with Crippen LogP contribution in [-0.2, 0) is 16.0 Å². The lowest BCUT2D eigenvalue weighted by atomic mass is 10.1. The molecule has 0 saturated heterocycles. The number of alkyl halides is 3. The van der Waals surface area contributed by atoms with Gasteiger partial charge in [0.1, 0.15) is 0 Å². The zero-order valence-electron chi connectivity index (χ0n) is 10.5. The second-order valence-corrected chi connectivity index (χ2v) is 3.55. The number of pyridine rings is 1. The summed E-state index contributed by atoms with van der Waals surface area (Å²) in [5.41, 5.74) is 0.736. The maximum Gasteiger partial charge on any atom is 0.574 e. The van der Waals surface area contributed by atoms with E-state index in [1.54, 1.807) is 0 Å². The molecule has 1 rings (SSSR count). The molecule has 19 heavy (non-hydrogen) atoms. The van der Waals surface area contributed by atoms with Crippen molar-refractivity contribution < 1.29 is 32.2 Å². The van der Waals surface area contributed by atoms with Crippen LogP contribution >= 0.6 is 0 Å². The Bertz CT molecular complexity index is 474. The zero-order chi connectivity index (χ0) is 14.6. The van der Waals surface area contributed by atoms with Crippen molar-refractivity contribution in [3.8, 4) is 11.6 Å². The molecule has 0 radical (unpaired) electrons. The van der Waals surface area contributed by atoms with E-state index in [4.69, 9.17) is 4.74 Å². The SMILES string of the molecule is COC(=O)Cc1cnc(OC(F)(F)F)c(OC)c1C. The Morgan fingerprint density at radius 3 is 2.47 bits per heavy atom. The lowest BCUT2D eigenvalue weighted by molar-refractivity contribution is -0.276. The molecule has 0 fully saturated rings. The fourth-order valence-electron chi connectivity index (χ4n) is 1.43. The van der Waals surface area contributed by atoms with E-state index in [0.29, 0.717) is 11.1 Å². The molecular formula is C11H12F3NO4. The van der Waals surface area contributed by atoms with Gasteiger partial charge in [-0.25, -0.2) is 4.98 Å². The van der Waals surface area contributed by atoms with Crippen molar-refractivity contribution >= 4 is 5.97 Å². The number of methoxy groups -OCH3 is 2. The molecule has 8 heteroatoms. The smallest absolute Gasteiger partial charge is 0.491 e. The van der Waals surface area contributed by atoms with E-state index in [1.807, 2.05) is 0 Å². The van der Waals surface area contributed by atoms with Crippen molar-refractivity contribution in [3.05, 3.63) is 17.3 Å². The molecule has 1 aromatic heterocycles. The van der Waals surface area contributed by atoms with Crippen LogP contribution in [0.3, 0.4) is 0 Å². The summed E-state index contributed by atoms with van der Waals surface area (Å²) in [5, 5.41) is 0. The quantitative estimate of drug-likeness (QED) is 0.789. The Hall–Kier alpha value is -1.99. The Balaban J connectivity index is 3.12. The highest BCUT2D eigenvalue weighted by Crippen LogP contribution is 2.34. The standard InChI is InChI=1S/C11H12F3NO4/c1-6-7(4-8(16)17-2)5-15-10(9(6)18-3)19-11(12,13)14/h5H,4H2,1-3H3. The number of carbonyl (C=O) groups excluding carboxylic acids is 1. The number of rotatable bonds is 4. The molecule has 0 spiro atoms. The summed E-state index contributed by atoms with van der Waals surface area (Å²) >= 11 is 0. The minimum absolute atomic E-state index is 0.113. The summed E-state index contributed by atoms with van der Waals surface area (Å²) in [4.78, 5) is 14.7. The molecule has 0 aliphatic rings. The van der Waals surface area contributed by atoms with E-state index >= 15 is 0 Å². The first-order valence-electron chi connectivity index (χ1n) is 5.13. The van der Waals surface area contributed by atoms with E-state index in [9.17, 15) is 18.0 Å². The number of hydrogen-bond donors (Lipinski definition) is 0. The largest absolute Gasteiger partial charge is 0.574 e. The molecule has 0 unspecified atom stereocenters. The van der Waals surface area contributed by atoms with Gasteiger partial charge in [-0.2, -0.15) is 0 Å². The Labute approximate surface area is 107 Å². The highest BCUT2D eigenvalue weighted by atomic mass is 19.4. The third kappa shape index (κ3) is 4.01. The average molecular weight is 279 g/mol. The molecule has 0 amide bonds. The maximum atomic E-state index is 12.2. The van der Waals surface area contributed by atoms with Gasteiger partial charge in [-0.3, -0.25) is 4.79 Å². The zero-order valence-corrected chi connectivity index (χ0v) is 10.5. The van der Waals surface area contributed by atoms with E-state index in [-0.39, 0.29) is 12.2 Å². The number of esters is 1. The molecule has 5 nitrogen and oxygen atoms in total. The Morgan fingerprint density at radius 1 is 1.37 bits per heavy atom. The normalized spacial score (nSPS) is 11.1. The fourth-order valence-corrected chi connectivity index (χ4v) is 1.43. The van der Waals surface area contributed by atoms with Crippen LogP contribution in [0.1, 0.15) is 11.1 Å². The van der Waals surface area contributed by atoms with Gasteiger partial charge in [-0.05, 0) is 12.5 Å². The molecule has 0 atom stereocenters. The third-order valence-corrected chi connectivity index (χ3v) is 2.33. The minimum Gasteiger partial charge on any atom is -0.491 e. The summed E-state index contributed by atoms with van der Waals surface area (Å²) in [5.74, 6) is -1.39. The van der Waals surface area contributed by atoms with Crippen LogP contribution in [0.25, 0.3) is 0 Å². The lowest BCUT2D eigenvalue weighted by Crippen LogP contribution is -2.19. The van der Waals surface area contributed by atoms with Crippen molar-refractivity contribution in [2.75, 3.05) is 14.2 Å². The second-order valence-electron chi connectivity index (χ2n) is 3.55. The van der Waals surface area contributed by atoms with Crippen LogP contribution < -0.4 is 9.47 Å². The van der Waals surface area contributed by atoms with Crippen molar-refractivity contribution in [2.24, 2.45) is 0 Å². The molecule has 0 aliphatic carbocycles. The van der Waals surface area contributed by atoms with Gasteiger partial charge in [0, 0.05) is 11.8 Å². The molecule has 1 heterocycles. The maximum absolute atomic E-state index is 12.2. The van der Waals surface area contributed by atoms with Crippen molar-refractivity contribution in [1.29, 1.82) is 0 Å². The topological polar surface area (TPSA) is 57.7 Å². The molecular weight excluding hydrogens is 267 g/mol. The molecule has 0 saturated carbocycles. The van der Waals surface area contributed by atoms with E-state index < -0.39 is 18.2 Å². The number of carbonyl (C=O) groups is 1. The second kappa shape index (κ2) is 5.77. The first-order valence-corrected chi connectivity index (χ1v) is 5.13. The fraction of sp³-hybridized carbons (Fsp3) is 0.455. The average Bonchev–Trinajstić information content (AvgIpc) is 2.31. The predicted molar refractivity (Wildman–Crippen MR) is 57.9 cm³/mol. The van der Waals surface area contributed by atoms with Crippen LogP contribution in [0.2, 0.25) is 0 Å². The van der Waals surface area contributed by atoms with Gasteiger partial charge in [0.05, 0.1) is 20.6 Å². The summed E-state index contributed by atoms with van der Waals surface area (Å²) < 4.78 is 49.5. The number of ether oxygens (including phenoxy) is 3. The Morgan fingerprint density at radius 2 is 2.00 bits per heavy atom. The minimum atomic E-state index is -4.86. The van der Waals surface area contributed by atoms with Crippen molar-refractivity contribution in [1.82, 2.24) is 4.98 Å². The molecule has 1 aromatic rings. The number of aromatic nitrogens is 1. The number of halogens is 3. The Kier molecular flexibility index (Phi) is 4.57. The van der Waals surface area contributed by atoms with Crippen molar-refractivity contribution in [2.45, 2.75) is 19.7 Å². The van der Waals surface area contributed by atoms with Gasteiger partial charge in [0.15, 0.2) is 5.75 Å². The highest BCUT2D eigenvalue weighted by Gasteiger charge is 2.34. The van der Waals surface area contributed by atoms with E-state index in [0.717, 1.165) is 6.20 Å². The van der Waals surface area contributed by atoms with Gasteiger partial charge in [0.25, 0.3) is 5.88 Å². The van der Waals surface area contributed by atoms with Crippen LogP contribution in [0, 0.1) is 6.92 Å². The first kappa shape index (κ1) is 15.1. The molecule has 106 valence electrons. The van der Waals surface area contributed by atoms with Crippen LogP contribution in [0.15, 0.2) is 6.20 Å². The summed E-state index contributed by atoms with van der Waals surface area (Å²) in [6.45, 7) is 1.50. The van der Waals surface area contributed by atoms with Gasteiger partial charge in [0.2, 0.25) is 0 Å². The molecule has 0 N–H and O–H groups in total. The van der Waals surface area contributed by atoms with E-state index in [2.05, 4.69) is 14.5 Å². The molecule has 0 bridgehead atoms. The highest BCUT2D eigenvalue weighted by molar-refractivity contribution is 5.73. The first-order chi connectivity index (χ1) is 8.78. The van der Waals surface area contributed by atoms with Gasteiger partial charge in [-0.1, -0.05) is 0 Å². The summed E-state index contributed by atoms with van der Waals surface area (Å²) in [7, 11) is 2.40. The number of nitrogens with zero attached hydrogens (tertiary/aromatic N) is 1. The third-order valence-electron chi connectivity index (χ3n) is 2.33.